The van der Waals surface area contributed by atoms with Crippen molar-refractivity contribution in [2.45, 2.75) is 354 Å². The van der Waals surface area contributed by atoms with Gasteiger partial charge < -0.3 is 14.2 Å². The third-order valence-corrected chi connectivity index (χ3v) is 14.0. The summed E-state index contributed by atoms with van der Waals surface area (Å²) in [5, 5.41) is 0. The molecule has 0 saturated carbocycles. The van der Waals surface area contributed by atoms with Crippen LogP contribution in [0.3, 0.4) is 0 Å². The highest BCUT2D eigenvalue weighted by Crippen LogP contribution is 2.18. The molecule has 68 heavy (non-hydrogen) atoms. The van der Waals surface area contributed by atoms with Gasteiger partial charge in [-0.1, -0.05) is 296 Å². The van der Waals surface area contributed by atoms with Crippen molar-refractivity contribution in [3.63, 3.8) is 0 Å². The Labute approximate surface area is 424 Å². The van der Waals surface area contributed by atoms with Gasteiger partial charge in [-0.2, -0.15) is 0 Å². The molecule has 0 fully saturated rings. The van der Waals surface area contributed by atoms with Crippen LogP contribution in [0.15, 0.2) is 12.2 Å². The van der Waals surface area contributed by atoms with Crippen molar-refractivity contribution < 1.29 is 28.6 Å². The number of carbonyl (C=O) groups excluding carboxylic acids is 3. The molecular formula is C62H118O6. The van der Waals surface area contributed by atoms with E-state index in [0.717, 1.165) is 57.8 Å². The topological polar surface area (TPSA) is 78.9 Å². The van der Waals surface area contributed by atoms with Crippen LogP contribution in [-0.4, -0.2) is 37.2 Å². The first kappa shape index (κ1) is 66.2. The Kier molecular flexibility index (Phi) is 56.2. The zero-order valence-electron chi connectivity index (χ0n) is 46.2. The van der Waals surface area contributed by atoms with E-state index in [1.807, 2.05) is 0 Å². The highest BCUT2D eigenvalue weighted by atomic mass is 16.6. The highest BCUT2D eigenvalue weighted by Gasteiger charge is 2.19. The quantitative estimate of drug-likeness (QED) is 0.0262. The number of rotatable bonds is 57. The first-order valence-corrected chi connectivity index (χ1v) is 30.7. The summed E-state index contributed by atoms with van der Waals surface area (Å²) in [6.07, 6.45) is 66.3. The molecule has 0 N–H and O–H groups in total. The number of hydrogen-bond donors (Lipinski definition) is 0. The molecule has 0 aromatic heterocycles. The standard InChI is InChI=1S/C62H118O6/c1-4-7-10-13-16-19-22-25-28-30-31-33-34-37-40-43-46-49-52-55-61(64)67-58-59(57-66-60(63)54-51-48-45-42-39-36-27-24-21-18-15-12-9-6-3)68-62(65)56-53-50-47-44-41-38-35-32-29-26-23-20-17-14-11-8-5-2/h26,29,59H,4-25,27-28,30-58H2,1-3H3/b29-26-. The Balaban J connectivity index is 4.29. The van der Waals surface area contributed by atoms with Gasteiger partial charge >= 0.3 is 17.9 Å². The summed E-state index contributed by atoms with van der Waals surface area (Å²) < 4.78 is 16.9. The summed E-state index contributed by atoms with van der Waals surface area (Å²) in [7, 11) is 0. The predicted molar refractivity (Wildman–Crippen MR) is 293 cm³/mol. The van der Waals surface area contributed by atoms with Crippen molar-refractivity contribution in [2.75, 3.05) is 13.2 Å². The summed E-state index contributed by atoms with van der Waals surface area (Å²) in [4.78, 5) is 38.2. The lowest BCUT2D eigenvalue weighted by atomic mass is 10.0. The van der Waals surface area contributed by atoms with Crippen LogP contribution in [0, 0.1) is 0 Å². The minimum absolute atomic E-state index is 0.0654. The van der Waals surface area contributed by atoms with Gasteiger partial charge in [0.15, 0.2) is 6.10 Å². The maximum Gasteiger partial charge on any atom is 0.306 e. The molecule has 0 heterocycles. The van der Waals surface area contributed by atoms with E-state index in [9.17, 15) is 14.4 Å². The first-order chi connectivity index (χ1) is 33.5. The van der Waals surface area contributed by atoms with Gasteiger partial charge in [0, 0.05) is 19.3 Å². The number of allylic oxidation sites excluding steroid dienone is 2. The minimum atomic E-state index is -0.767. The van der Waals surface area contributed by atoms with E-state index >= 15 is 0 Å². The van der Waals surface area contributed by atoms with E-state index in [1.54, 1.807) is 0 Å². The van der Waals surface area contributed by atoms with Crippen molar-refractivity contribution in [1.29, 1.82) is 0 Å². The van der Waals surface area contributed by atoms with Gasteiger partial charge in [0.2, 0.25) is 0 Å². The number of hydrogen-bond acceptors (Lipinski definition) is 6. The summed E-state index contributed by atoms with van der Waals surface area (Å²) in [6, 6.07) is 0. The Hall–Kier alpha value is -1.85. The largest absolute Gasteiger partial charge is 0.462 e. The molecule has 0 bridgehead atoms. The van der Waals surface area contributed by atoms with E-state index in [0.29, 0.717) is 19.3 Å². The van der Waals surface area contributed by atoms with Gasteiger partial charge in [0.1, 0.15) is 13.2 Å². The number of esters is 3. The molecule has 1 unspecified atom stereocenters. The van der Waals surface area contributed by atoms with Crippen LogP contribution in [0.1, 0.15) is 348 Å². The molecule has 0 spiro atoms. The van der Waals surface area contributed by atoms with E-state index in [4.69, 9.17) is 14.2 Å². The van der Waals surface area contributed by atoms with Gasteiger partial charge in [0.25, 0.3) is 0 Å². The zero-order valence-corrected chi connectivity index (χ0v) is 46.2. The summed E-state index contributed by atoms with van der Waals surface area (Å²) in [6.45, 7) is 6.70. The number of carbonyl (C=O) groups is 3. The smallest absolute Gasteiger partial charge is 0.306 e. The van der Waals surface area contributed by atoms with Crippen LogP contribution in [-0.2, 0) is 28.6 Å². The van der Waals surface area contributed by atoms with Crippen LogP contribution in [0.25, 0.3) is 0 Å². The molecule has 0 aliphatic heterocycles. The fourth-order valence-corrected chi connectivity index (χ4v) is 9.38. The maximum absolute atomic E-state index is 12.9. The van der Waals surface area contributed by atoms with Gasteiger partial charge in [-0.25, -0.2) is 0 Å². The zero-order chi connectivity index (χ0) is 49.3. The maximum atomic E-state index is 12.9. The summed E-state index contributed by atoms with van der Waals surface area (Å²) >= 11 is 0. The van der Waals surface area contributed by atoms with Crippen molar-refractivity contribution in [3.05, 3.63) is 12.2 Å². The minimum Gasteiger partial charge on any atom is -0.462 e. The second-order valence-corrected chi connectivity index (χ2v) is 21.0. The molecule has 0 saturated heterocycles. The van der Waals surface area contributed by atoms with Crippen LogP contribution in [0.2, 0.25) is 0 Å². The molecule has 6 nitrogen and oxygen atoms in total. The molecule has 0 amide bonds. The van der Waals surface area contributed by atoms with Crippen molar-refractivity contribution in [3.8, 4) is 0 Å². The summed E-state index contributed by atoms with van der Waals surface area (Å²) in [5.41, 5.74) is 0. The second-order valence-electron chi connectivity index (χ2n) is 21.0. The van der Waals surface area contributed by atoms with Crippen LogP contribution < -0.4 is 0 Å². The fraction of sp³-hybridized carbons (Fsp3) is 0.919. The third-order valence-electron chi connectivity index (χ3n) is 14.0. The molecule has 6 heteroatoms. The van der Waals surface area contributed by atoms with Crippen LogP contribution >= 0.6 is 0 Å². The molecule has 0 aromatic rings. The Bertz CT molecular complexity index is 1060. The molecule has 1 atom stereocenters. The average molecular weight is 960 g/mol. The van der Waals surface area contributed by atoms with Gasteiger partial charge in [-0.05, 0) is 44.9 Å². The fourth-order valence-electron chi connectivity index (χ4n) is 9.38. The second kappa shape index (κ2) is 57.7. The van der Waals surface area contributed by atoms with Crippen molar-refractivity contribution in [2.24, 2.45) is 0 Å². The van der Waals surface area contributed by atoms with Crippen LogP contribution in [0.4, 0.5) is 0 Å². The Morgan fingerprint density at radius 3 is 0.735 bits per heavy atom. The highest BCUT2D eigenvalue weighted by molar-refractivity contribution is 5.71. The SMILES string of the molecule is CCCCCCCC/C=C\CCCCCCCCCC(=O)OC(COC(=O)CCCCCCCCCCCCCCCC)COC(=O)CCCCCCCCCCCCCCCCCCCCC. The molecule has 0 radical (unpaired) electrons. The predicted octanol–water partition coefficient (Wildman–Crippen LogP) is 20.5. The lowest BCUT2D eigenvalue weighted by Gasteiger charge is -2.18. The van der Waals surface area contributed by atoms with Gasteiger partial charge in [0.05, 0.1) is 0 Å². The molecule has 402 valence electrons. The Morgan fingerprint density at radius 2 is 0.485 bits per heavy atom. The molecular weight excluding hydrogens is 841 g/mol. The number of ether oxygens (including phenoxy) is 3. The lowest BCUT2D eigenvalue weighted by Crippen LogP contribution is -2.30. The molecule has 0 aliphatic carbocycles. The normalized spacial score (nSPS) is 12.0. The summed E-state index contributed by atoms with van der Waals surface area (Å²) in [5.74, 6) is -0.842. The van der Waals surface area contributed by atoms with E-state index in [1.165, 1.54) is 250 Å². The molecule has 0 aliphatic rings. The lowest BCUT2D eigenvalue weighted by molar-refractivity contribution is -0.167. The van der Waals surface area contributed by atoms with Gasteiger partial charge in [-0.3, -0.25) is 14.4 Å². The number of unbranched alkanes of at least 4 members (excludes halogenated alkanes) is 44. The van der Waals surface area contributed by atoms with Crippen molar-refractivity contribution >= 4 is 17.9 Å². The Morgan fingerprint density at radius 1 is 0.279 bits per heavy atom. The van der Waals surface area contributed by atoms with Crippen LogP contribution in [0.5, 0.6) is 0 Å². The first-order valence-electron chi connectivity index (χ1n) is 30.7. The molecule has 0 aromatic carbocycles. The van der Waals surface area contributed by atoms with E-state index < -0.39 is 6.10 Å². The van der Waals surface area contributed by atoms with Crippen molar-refractivity contribution in [1.82, 2.24) is 0 Å². The third kappa shape index (κ3) is 55.1. The van der Waals surface area contributed by atoms with E-state index in [-0.39, 0.29) is 31.1 Å². The van der Waals surface area contributed by atoms with Gasteiger partial charge in [-0.15, -0.1) is 0 Å². The monoisotopic (exact) mass is 959 g/mol. The average Bonchev–Trinajstić information content (AvgIpc) is 3.34. The molecule has 0 rings (SSSR count). The van der Waals surface area contributed by atoms with E-state index in [2.05, 4.69) is 32.9 Å².